The van der Waals surface area contributed by atoms with E-state index in [0.29, 0.717) is 18.3 Å². The summed E-state index contributed by atoms with van der Waals surface area (Å²) in [5.74, 6) is 1.47. The molecule has 1 aliphatic rings. The number of aromatic nitrogens is 2. The van der Waals surface area contributed by atoms with E-state index in [-0.39, 0.29) is 11.4 Å². The number of halogens is 1. The lowest BCUT2D eigenvalue weighted by Gasteiger charge is -2.07. The van der Waals surface area contributed by atoms with Gasteiger partial charge in [0.2, 0.25) is 0 Å². The SMILES string of the molecule is O=c1cc(NCc2ccc(F)cc2)nc(C2CC2)[nH]1. The van der Waals surface area contributed by atoms with Crippen molar-refractivity contribution in [3.63, 3.8) is 0 Å². The number of rotatable bonds is 4. The molecule has 2 aromatic rings. The van der Waals surface area contributed by atoms with E-state index in [9.17, 15) is 9.18 Å². The van der Waals surface area contributed by atoms with Crippen LogP contribution in [0.15, 0.2) is 35.1 Å². The molecule has 0 atom stereocenters. The Bertz CT molecular complexity index is 632. The maximum atomic E-state index is 12.8. The summed E-state index contributed by atoms with van der Waals surface area (Å²) in [6.45, 7) is 0.515. The molecule has 0 unspecified atom stereocenters. The van der Waals surface area contributed by atoms with Gasteiger partial charge in [-0.15, -0.1) is 0 Å². The van der Waals surface area contributed by atoms with Gasteiger partial charge in [-0.3, -0.25) is 4.79 Å². The summed E-state index contributed by atoms with van der Waals surface area (Å²) in [6, 6.07) is 7.68. The van der Waals surface area contributed by atoms with Gasteiger partial charge < -0.3 is 10.3 Å². The minimum atomic E-state index is -0.256. The van der Waals surface area contributed by atoms with Crippen LogP contribution < -0.4 is 10.9 Å². The first-order valence-corrected chi connectivity index (χ1v) is 6.30. The van der Waals surface area contributed by atoms with Gasteiger partial charge in [-0.1, -0.05) is 12.1 Å². The first-order valence-electron chi connectivity index (χ1n) is 6.30. The van der Waals surface area contributed by atoms with Gasteiger partial charge in [0.1, 0.15) is 17.5 Å². The van der Waals surface area contributed by atoms with Gasteiger partial charge in [-0.05, 0) is 30.5 Å². The predicted molar refractivity (Wildman–Crippen MR) is 70.6 cm³/mol. The van der Waals surface area contributed by atoms with E-state index in [1.54, 1.807) is 12.1 Å². The molecule has 19 heavy (non-hydrogen) atoms. The standard InChI is InChI=1S/C14H14FN3O/c15-11-5-1-9(2-6-11)8-16-12-7-13(19)18-14(17-12)10-3-4-10/h1-2,5-7,10H,3-4,8H2,(H2,16,17,18,19). The van der Waals surface area contributed by atoms with Gasteiger partial charge in [-0.2, -0.15) is 0 Å². The normalized spacial score (nSPS) is 14.4. The van der Waals surface area contributed by atoms with Crippen LogP contribution in [0.2, 0.25) is 0 Å². The monoisotopic (exact) mass is 259 g/mol. The van der Waals surface area contributed by atoms with Crippen molar-refractivity contribution in [1.29, 1.82) is 0 Å². The molecule has 0 saturated heterocycles. The van der Waals surface area contributed by atoms with E-state index < -0.39 is 0 Å². The fraction of sp³-hybridized carbons (Fsp3) is 0.286. The van der Waals surface area contributed by atoms with E-state index in [1.165, 1.54) is 18.2 Å². The number of hydrogen-bond acceptors (Lipinski definition) is 3. The van der Waals surface area contributed by atoms with Gasteiger partial charge in [0.05, 0.1) is 0 Å². The van der Waals surface area contributed by atoms with Gasteiger partial charge in [0.25, 0.3) is 5.56 Å². The molecule has 5 heteroatoms. The van der Waals surface area contributed by atoms with Crippen molar-refractivity contribution >= 4 is 5.82 Å². The van der Waals surface area contributed by atoms with Crippen LogP contribution in [0.25, 0.3) is 0 Å². The van der Waals surface area contributed by atoms with Crippen molar-refractivity contribution in [3.8, 4) is 0 Å². The number of benzene rings is 1. The van der Waals surface area contributed by atoms with E-state index in [0.717, 1.165) is 24.2 Å². The van der Waals surface area contributed by atoms with Gasteiger partial charge in [0, 0.05) is 18.5 Å². The summed E-state index contributed by atoms with van der Waals surface area (Å²) in [7, 11) is 0. The lowest BCUT2D eigenvalue weighted by Crippen LogP contribution is -2.13. The minimum Gasteiger partial charge on any atom is -0.366 e. The van der Waals surface area contributed by atoms with Crippen LogP contribution in [0.3, 0.4) is 0 Å². The Morgan fingerprint density at radius 2 is 2.05 bits per heavy atom. The zero-order chi connectivity index (χ0) is 13.2. The number of nitrogens with one attached hydrogen (secondary N) is 2. The maximum Gasteiger partial charge on any atom is 0.252 e. The third-order valence-corrected chi connectivity index (χ3v) is 3.11. The first-order chi connectivity index (χ1) is 9.20. The van der Waals surface area contributed by atoms with E-state index in [2.05, 4.69) is 15.3 Å². The third kappa shape index (κ3) is 2.99. The molecular formula is C14H14FN3O. The smallest absolute Gasteiger partial charge is 0.252 e. The Morgan fingerprint density at radius 1 is 1.32 bits per heavy atom. The average Bonchev–Trinajstić information content (AvgIpc) is 3.22. The molecule has 98 valence electrons. The summed E-state index contributed by atoms with van der Waals surface area (Å²) < 4.78 is 12.8. The molecule has 2 N–H and O–H groups in total. The molecule has 0 amide bonds. The summed E-state index contributed by atoms with van der Waals surface area (Å²) in [5, 5.41) is 3.09. The molecule has 3 rings (SSSR count). The molecule has 0 spiro atoms. The highest BCUT2D eigenvalue weighted by Crippen LogP contribution is 2.37. The molecule has 0 radical (unpaired) electrons. The zero-order valence-corrected chi connectivity index (χ0v) is 10.3. The number of H-pyrrole nitrogens is 1. The highest BCUT2D eigenvalue weighted by molar-refractivity contribution is 5.35. The van der Waals surface area contributed by atoms with Crippen LogP contribution in [-0.4, -0.2) is 9.97 Å². The molecule has 1 fully saturated rings. The molecule has 4 nitrogen and oxygen atoms in total. The molecule has 1 saturated carbocycles. The lowest BCUT2D eigenvalue weighted by atomic mass is 10.2. The summed E-state index contributed by atoms with van der Waals surface area (Å²) in [4.78, 5) is 18.7. The second-order valence-electron chi connectivity index (χ2n) is 4.77. The predicted octanol–water partition coefficient (Wildman–Crippen LogP) is 2.40. The number of hydrogen-bond donors (Lipinski definition) is 2. The molecule has 1 aromatic carbocycles. The molecule has 1 aliphatic carbocycles. The van der Waals surface area contributed by atoms with Crippen molar-refractivity contribution in [2.75, 3.05) is 5.32 Å². The minimum absolute atomic E-state index is 0.140. The zero-order valence-electron chi connectivity index (χ0n) is 10.3. The van der Waals surface area contributed by atoms with Gasteiger partial charge >= 0.3 is 0 Å². The van der Waals surface area contributed by atoms with E-state index >= 15 is 0 Å². The third-order valence-electron chi connectivity index (χ3n) is 3.11. The van der Waals surface area contributed by atoms with E-state index in [1.807, 2.05) is 0 Å². The van der Waals surface area contributed by atoms with Crippen LogP contribution >= 0.6 is 0 Å². The Labute approximate surface area is 109 Å². The average molecular weight is 259 g/mol. The van der Waals surface area contributed by atoms with Crippen molar-refractivity contribution in [2.24, 2.45) is 0 Å². The van der Waals surface area contributed by atoms with Crippen molar-refractivity contribution in [1.82, 2.24) is 9.97 Å². The Morgan fingerprint density at radius 3 is 2.74 bits per heavy atom. The van der Waals surface area contributed by atoms with Crippen LogP contribution in [-0.2, 0) is 6.54 Å². The Kier molecular flexibility index (Phi) is 3.03. The van der Waals surface area contributed by atoms with Crippen molar-refractivity contribution < 1.29 is 4.39 Å². The van der Waals surface area contributed by atoms with Crippen LogP contribution in [0, 0.1) is 5.82 Å². The maximum absolute atomic E-state index is 12.8. The molecule has 1 aromatic heterocycles. The fourth-order valence-corrected chi connectivity index (χ4v) is 1.91. The Hall–Kier alpha value is -2.17. The summed E-state index contributed by atoms with van der Waals surface area (Å²) in [6.07, 6.45) is 2.18. The van der Waals surface area contributed by atoms with Crippen LogP contribution in [0.1, 0.15) is 30.1 Å². The summed E-state index contributed by atoms with van der Waals surface area (Å²) >= 11 is 0. The molecule has 1 heterocycles. The number of aromatic amines is 1. The Balaban J connectivity index is 1.72. The molecular weight excluding hydrogens is 245 g/mol. The second-order valence-corrected chi connectivity index (χ2v) is 4.77. The lowest BCUT2D eigenvalue weighted by molar-refractivity contribution is 0.627. The summed E-state index contributed by atoms with van der Waals surface area (Å²) in [5.41, 5.74) is 0.801. The number of nitrogens with zero attached hydrogens (tertiary/aromatic N) is 1. The highest BCUT2D eigenvalue weighted by atomic mass is 19.1. The highest BCUT2D eigenvalue weighted by Gasteiger charge is 2.26. The first kappa shape index (κ1) is 11.9. The van der Waals surface area contributed by atoms with Crippen LogP contribution in [0.5, 0.6) is 0 Å². The van der Waals surface area contributed by atoms with Crippen molar-refractivity contribution in [2.45, 2.75) is 25.3 Å². The topological polar surface area (TPSA) is 57.8 Å². The largest absolute Gasteiger partial charge is 0.366 e. The van der Waals surface area contributed by atoms with E-state index in [4.69, 9.17) is 0 Å². The van der Waals surface area contributed by atoms with Gasteiger partial charge in [0.15, 0.2) is 0 Å². The fourth-order valence-electron chi connectivity index (χ4n) is 1.91. The molecule has 0 bridgehead atoms. The van der Waals surface area contributed by atoms with Crippen molar-refractivity contribution in [3.05, 3.63) is 57.9 Å². The molecule has 0 aliphatic heterocycles. The number of anilines is 1. The second kappa shape index (κ2) is 4.84. The quantitative estimate of drug-likeness (QED) is 0.886. The van der Waals surface area contributed by atoms with Gasteiger partial charge in [-0.25, -0.2) is 9.37 Å². The van der Waals surface area contributed by atoms with Crippen LogP contribution in [0.4, 0.5) is 10.2 Å².